The lowest BCUT2D eigenvalue weighted by molar-refractivity contribution is -0.121. The maximum Gasteiger partial charge on any atom is 0.167 e. The van der Waals surface area contributed by atoms with Crippen LogP contribution in [-0.2, 0) is 9.59 Å². The molecule has 0 saturated carbocycles. The van der Waals surface area contributed by atoms with Gasteiger partial charge < -0.3 is 9.80 Å². The highest BCUT2D eigenvalue weighted by Crippen LogP contribution is 2.22. The second-order valence-corrected chi connectivity index (χ2v) is 7.09. The smallest absolute Gasteiger partial charge is 0.167 e. The van der Waals surface area contributed by atoms with Gasteiger partial charge in [-0.2, -0.15) is 0 Å². The zero-order valence-electron chi connectivity index (χ0n) is 14.6. The van der Waals surface area contributed by atoms with Gasteiger partial charge in [-0.25, -0.2) is 0 Å². The largest absolute Gasteiger partial charge is 0.309 e. The Balaban J connectivity index is 3.08. The SMILES string of the molecule is CN(C)CCC(=O)C(=Cc1cc(Cl)cc(Cl)c1)C(=O)CCN(C)C. The second-order valence-electron chi connectivity index (χ2n) is 6.21. The Hall–Kier alpha value is -1.20. The summed E-state index contributed by atoms with van der Waals surface area (Å²) in [6.07, 6.45) is 2.18. The van der Waals surface area contributed by atoms with Crippen LogP contribution >= 0.6 is 23.2 Å². The van der Waals surface area contributed by atoms with E-state index in [9.17, 15) is 9.59 Å². The number of nitrogens with zero attached hydrogens (tertiary/aromatic N) is 2. The number of Topliss-reactive ketones (excluding diaryl/α,β-unsaturated/α-hetero) is 2. The first kappa shape index (κ1) is 20.8. The zero-order valence-corrected chi connectivity index (χ0v) is 16.1. The zero-order chi connectivity index (χ0) is 18.3. The quantitative estimate of drug-likeness (QED) is 0.379. The Bertz CT molecular complexity index is 579. The number of hydrogen-bond acceptors (Lipinski definition) is 4. The Kier molecular flexibility index (Phi) is 8.63. The standard InChI is InChI=1S/C18H24Cl2N2O2/c1-21(2)7-5-17(23)16(18(24)6-8-22(3)4)11-13-9-14(19)12-15(20)10-13/h9-12H,5-8H2,1-4H3. The molecule has 6 heteroatoms. The van der Waals surface area contributed by atoms with E-state index in [4.69, 9.17) is 23.2 Å². The molecule has 0 saturated heterocycles. The fraction of sp³-hybridized carbons (Fsp3) is 0.444. The number of ketones is 2. The molecule has 1 aromatic rings. The molecule has 1 rings (SSSR count). The highest BCUT2D eigenvalue weighted by Gasteiger charge is 2.18. The minimum Gasteiger partial charge on any atom is -0.309 e. The molecule has 0 bridgehead atoms. The van der Waals surface area contributed by atoms with Crippen LogP contribution in [0.15, 0.2) is 23.8 Å². The highest BCUT2D eigenvalue weighted by atomic mass is 35.5. The summed E-state index contributed by atoms with van der Waals surface area (Å²) in [6.45, 7) is 1.18. The number of rotatable bonds is 9. The summed E-state index contributed by atoms with van der Waals surface area (Å²) in [5.41, 5.74) is 0.857. The summed E-state index contributed by atoms with van der Waals surface area (Å²) >= 11 is 12.0. The molecule has 4 nitrogen and oxygen atoms in total. The molecule has 0 atom stereocenters. The molecular formula is C18H24Cl2N2O2. The summed E-state index contributed by atoms with van der Waals surface area (Å²) in [5.74, 6) is -0.327. The molecule has 0 amide bonds. The lowest BCUT2D eigenvalue weighted by atomic mass is 9.98. The Morgan fingerprint density at radius 1 is 0.875 bits per heavy atom. The van der Waals surface area contributed by atoms with Crippen molar-refractivity contribution in [1.29, 1.82) is 0 Å². The van der Waals surface area contributed by atoms with Crippen LogP contribution < -0.4 is 0 Å². The van der Waals surface area contributed by atoms with Crippen LogP contribution in [0.4, 0.5) is 0 Å². The van der Waals surface area contributed by atoms with Crippen LogP contribution in [0.3, 0.4) is 0 Å². The maximum absolute atomic E-state index is 12.5. The van der Waals surface area contributed by atoms with Crippen molar-refractivity contribution in [2.45, 2.75) is 12.8 Å². The number of carbonyl (C=O) groups is 2. The maximum atomic E-state index is 12.5. The Morgan fingerprint density at radius 3 is 1.67 bits per heavy atom. The van der Waals surface area contributed by atoms with E-state index in [0.717, 1.165) is 0 Å². The van der Waals surface area contributed by atoms with Crippen LogP contribution in [-0.4, -0.2) is 62.6 Å². The van der Waals surface area contributed by atoms with Gasteiger partial charge in [-0.05, 0) is 58.0 Å². The fourth-order valence-electron chi connectivity index (χ4n) is 2.06. The summed E-state index contributed by atoms with van der Waals surface area (Å²) < 4.78 is 0. The monoisotopic (exact) mass is 370 g/mol. The molecule has 132 valence electrons. The normalized spacial score (nSPS) is 11.0. The van der Waals surface area contributed by atoms with Gasteiger partial charge in [0.25, 0.3) is 0 Å². The van der Waals surface area contributed by atoms with Crippen LogP contribution in [0.2, 0.25) is 10.0 Å². The van der Waals surface area contributed by atoms with E-state index in [1.807, 2.05) is 38.0 Å². The Labute approximate surface area is 154 Å². The average molecular weight is 371 g/mol. The highest BCUT2D eigenvalue weighted by molar-refractivity contribution is 6.35. The molecular weight excluding hydrogens is 347 g/mol. The van der Waals surface area contributed by atoms with E-state index in [-0.39, 0.29) is 17.1 Å². The first-order valence-corrected chi connectivity index (χ1v) is 8.48. The van der Waals surface area contributed by atoms with E-state index in [0.29, 0.717) is 41.5 Å². The molecule has 0 N–H and O–H groups in total. The van der Waals surface area contributed by atoms with Crippen molar-refractivity contribution in [3.8, 4) is 0 Å². The topological polar surface area (TPSA) is 40.6 Å². The van der Waals surface area contributed by atoms with Gasteiger partial charge in [-0.15, -0.1) is 0 Å². The number of benzene rings is 1. The minimum absolute atomic E-state index is 0.163. The molecule has 0 heterocycles. The van der Waals surface area contributed by atoms with Gasteiger partial charge in [0.1, 0.15) is 0 Å². The Morgan fingerprint density at radius 2 is 1.29 bits per heavy atom. The van der Waals surface area contributed by atoms with Gasteiger partial charge in [-0.1, -0.05) is 23.2 Å². The number of hydrogen-bond donors (Lipinski definition) is 0. The third-order valence-corrected chi connectivity index (χ3v) is 3.81. The molecule has 0 radical (unpaired) electrons. The molecule has 0 aliphatic carbocycles. The van der Waals surface area contributed by atoms with Crippen molar-refractivity contribution in [3.63, 3.8) is 0 Å². The molecule has 24 heavy (non-hydrogen) atoms. The van der Waals surface area contributed by atoms with Gasteiger partial charge in [0, 0.05) is 36.0 Å². The van der Waals surface area contributed by atoms with E-state index in [1.165, 1.54) is 0 Å². The van der Waals surface area contributed by atoms with E-state index in [1.54, 1.807) is 24.3 Å². The average Bonchev–Trinajstić information content (AvgIpc) is 2.46. The van der Waals surface area contributed by atoms with Crippen molar-refractivity contribution in [1.82, 2.24) is 9.80 Å². The van der Waals surface area contributed by atoms with Crippen molar-refractivity contribution in [2.24, 2.45) is 0 Å². The van der Waals surface area contributed by atoms with E-state index >= 15 is 0 Å². The van der Waals surface area contributed by atoms with Crippen molar-refractivity contribution in [3.05, 3.63) is 39.4 Å². The van der Waals surface area contributed by atoms with Crippen LogP contribution in [0.25, 0.3) is 6.08 Å². The molecule has 0 spiro atoms. The fourth-order valence-corrected chi connectivity index (χ4v) is 2.60. The van der Waals surface area contributed by atoms with Crippen LogP contribution in [0.1, 0.15) is 18.4 Å². The third-order valence-electron chi connectivity index (χ3n) is 3.37. The molecule has 0 fully saturated rings. The van der Waals surface area contributed by atoms with Crippen LogP contribution in [0.5, 0.6) is 0 Å². The predicted octanol–water partition coefficient (Wildman–Crippen LogP) is 3.42. The number of allylic oxidation sites excluding steroid dienone is 1. The lowest BCUT2D eigenvalue weighted by Crippen LogP contribution is -2.23. The van der Waals surface area contributed by atoms with Gasteiger partial charge in [0.15, 0.2) is 11.6 Å². The first-order valence-electron chi connectivity index (χ1n) is 7.72. The van der Waals surface area contributed by atoms with Gasteiger partial charge in [0.2, 0.25) is 0 Å². The second kappa shape index (κ2) is 9.94. The van der Waals surface area contributed by atoms with Crippen LogP contribution in [0, 0.1) is 0 Å². The molecule has 0 aliphatic heterocycles. The lowest BCUT2D eigenvalue weighted by Gasteiger charge is -2.12. The van der Waals surface area contributed by atoms with Gasteiger partial charge >= 0.3 is 0 Å². The predicted molar refractivity (Wildman–Crippen MR) is 101 cm³/mol. The number of carbonyl (C=O) groups excluding carboxylic acids is 2. The molecule has 0 aliphatic rings. The molecule has 0 unspecified atom stereocenters. The summed E-state index contributed by atoms with van der Waals surface area (Å²) in [5, 5.41) is 0.934. The van der Waals surface area contributed by atoms with Gasteiger partial charge in [-0.3, -0.25) is 9.59 Å². The van der Waals surface area contributed by atoms with Gasteiger partial charge in [0.05, 0.1) is 5.57 Å². The minimum atomic E-state index is -0.163. The van der Waals surface area contributed by atoms with Crippen molar-refractivity contribution in [2.75, 3.05) is 41.3 Å². The molecule has 1 aromatic carbocycles. The molecule has 0 aromatic heterocycles. The van der Waals surface area contributed by atoms with E-state index in [2.05, 4.69) is 0 Å². The number of halogens is 2. The summed E-state index contributed by atoms with van der Waals surface area (Å²) in [6, 6.07) is 4.99. The summed E-state index contributed by atoms with van der Waals surface area (Å²) in [7, 11) is 7.56. The van der Waals surface area contributed by atoms with Crippen molar-refractivity contribution >= 4 is 40.8 Å². The third kappa shape index (κ3) is 7.58. The first-order chi connectivity index (χ1) is 11.2. The van der Waals surface area contributed by atoms with Crippen molar-refractivity contribution < 1.29 is 9.59 Å². The van der Waals surface area contributed by atoms with E-state index < -0.39 is 0 Å². The summed E-state index contributed by atoms with van der Waals surface area (Å²) in [4.78, 5) is 28.9.